The molecule has 1 aliphatic heterocycles. The summed E-state index contributed by atoms with van der Waals surface area (Å²) in [5.41, 5.74) is 2.05. The van der Waals surface area contributed by atoms with E-state index >= 15 is 0 Å². The van der Waals surface area contributed by atoms with Crippen LogP contribution in [0.3, 0.4) is 0 Å². The van der Waals surface area contributed by atoms with Crippen LogP contribution in [0.2, 0.25) is 0 Å². The highest BCUT2D eigenvalue weighted by molar-refractivity contribution is 6.46. The number of carbonyl (C=O) groups is 2. The molecule has 1 N–H and O–H groups in total. The molecule has 1 saturated carbocycles. The zero-order valence-electron chi connectivity index (χ0n) is 22.8. The third-order valence-corrected chi connectivity index (χ3v) is 7.10. The normalized spacial score (nSPS) is 20.2. The van der Waals surface area contributed by atoms with Crippen LogP contribution >= 0.6 is 0 Å². The van der Waals surface area contributed by atoms with Gasteiger partial charge in [0.05, 0.1) is 24.3 Å². The summed E-state index contributed by atoms with van der Waals surface area (Å²) in [6.07, 6.45) is 3.72. The van der Waals surface area contributed by atoms with Crippen LogP contribution in [0.1, 0.15) is 90.0 Å². The van der Waals surface area contributed by atoms with Crippen molar-refractivity contribution in [1.82, 2.24) is 4.90 Å². The van der Waals surface area contributed by atoms with E-state index in [4.69, 9.17) is 9.47 Å². The Bertz CT molecular complexity index is 1200. The molecule has 0 spiro atoms. The maximum Gasteiger partial charge on any atom is 0.295 e. The minimum Gasteiger partial charge on any atom is -0.507 e. The molecule has 1 heterocycles. The van der Waals surface area contributed by atoms with Crippen LogP contribution in [0.15, 0.2) is 48.0 Å². The number of benzene rings is 2. The molecule has 2 aromatic carbocycles. The highest BCUT2D eigenvalue weighted by Crippen LogP contribution is 2.44. The van der Waals surface area contributed by atoms with Gasteiger partial charge in [-0.3, -0.25) is 9.59 Å². The monoisotopic (exact) mass is 505 g/mol. The number of aliphatic hydroxyl groups excluding tert-OH is 1. The first-order chi connectivity index (χ1) is 17.5. The first-order valence-electron chi connectivity index (χ1n) is 13.4. The molecule has 6 heteroatoms. The lowest BCUT2D eigenvalue weighted by atomic mass is 9.84. The van der Waals surface area contributed by atoms with Crippen LogP contribution in [0, 0.1) is 0 Å². The topological polar surface area (TPSA) is 76.1 Å². The molecule has 1 aliphatic carbocycles. The molecular weight excluding hydrogens is 466 g/mol. The number of nitrogens with zero attached hydrogens (tertiary/aromatic N) is 1. The quantitative estimate of drug-likeness (QED) is 0.263. The van der Waals surface area contributed by atoms with Gasteiger partial charge in [-0.05, 0) is 74.9 Å². The van der Waals surface area contributed by atoms with Gasteiger partial charge in [0, 0.05) is 17.2 Å². The van der Waals surface area contributed by atoms with Crippen LogP contribution < -0.4 is 9.47 Å². The summed E-state index contributed by atoms with van der Waals surface area (Å²) in [5.74, 6) is 0.0626. The second kappa shape index (κ2) is 10.6. The second-order valence-electron chi connectivity index (χ2n) is 11.3. The molecule has 6 nitrogen and oxygen atoms in total. The number of likely N-dealkylation sites (tertiary alicyclic amines) is 1. The Balaban J connectivity index is 1.89. The predicted molar refractivity (Wildman–Crippen MR) is 145 cm³/mol. The van der Waals surface area contributed by atoms with Gasteiger partial charge in [-0.15, -0.1) is 0 Å². The van der Waals surface area contributed by atoms with E-state index in [2.05, 4.69) is 20.8 Å². The number of rotatable bonds is 7. The van der Waals surface area contributed by atoms with Crippen LogP contribution in [0.25, 0.3) is 5.76 Å². The molecular formula is C31H39NO5. The van der Waals surface area contributed by atoms with E-state index in [1.165, 1.54) is 0 Å². The molecule has 4 rings (SSSR count). The van der Waals surface area contributed by atoms with E-state index in [0.29, 0.717) is 17.9 Å². The van der Waals surface area contributed by atoms with Gasteiger partial charge in [0.15, 0.2) is 0 Å². The summed E-state index contributed by atoms with van der Waals surface area (Å²) in [5, 5.41) is 11.6. The fourth-order valence-corrected chi connectivity index (χ4v) is 5.47. The highest BCUT2D eigenvalue weighted by Gasteiger charge is 2.49. The molecule has 0 radical (unpaired) electrons. The van der Waals surface area contributed by atoms with Gasteiger partial charge in [-0.2, -0.15) is 0 Å². The number of aliphatic hydroxyl groups is 1. The lowest BCUT2D eigenvalue weighted by Crippen LogP contribution is -2.37. The summed E-state index contributed by atoms with van der Waals surface area (Å²) in [6.45, 7) is 12.6. The summed E-state index contributed by atoms with van der Waals surface area (Å²) >= 11 is 0. The Morgan fingerprint density at radius 1 is 1.08 bits per heavy atom. The number of ether oxygens (including phenoxy) is 2. The maximum atomic E-state index is 13.5. The van der Waals surface area contributed by atoms with Crippen molar-refractivity contribution in [2.75, 3.05) is 6.61 Å². The summed E-state index contributed by atoms with van der Waals surface area (Å²) in [7, 11) is 0. The van der Waals surface area contributed by atoms with Crippen molar-refractivity contribution in [3.63, 3.8) is 0 Å². The molecule has 0 aromatic heterocycles. The lowest BCUT2D eigenvalue weighted by molar-refractivity contribution is -0.141. The second-order valence-corrected chi connectivity index (χ2v) is 11.3. The van der Waals surface area contributed by atoms with Gasteiger partial charge in [-0.25, -0.2) is 0 Å². The Hall–Kier alpha value is -3.28. The first kappa shape index (κ1) is 26.8. The first-order valence-corrected chi connectivity index (χ1v) is 13.4. The minimum atomic E-state index is -0.677. The third kappa shape index (κ3) is 5.39. The summed E-state index contributed by atoms with van der Waals surface area (Å²) in [4.78, 5) is 28.7. The van der Waals surface area contributed by atoms with E-state index in [-0.39, 0.29) is 28.9 Å². The Morgan fingerprint density at radius 2 is 1.78 bits per heavy atom. The van der Waals surface area contributed by atoms with Crippen molar-refractivity contribution >= 4 is 17.4 Å². The van der Waals surface area contributed by atoms with E-state index < -0.39 is 17.7 Å². The number of carbonyl (C=O) groups excluding carboxylic acids is 2. The van der Waals surface area contributed by atoms with Gasteiger partial charge in [0.2, 0.25) is 0 Å². The highest BCUT2D eigenvalue weighted by atomic mass is 16.5. The van der Waals surface area contributed by atoms with E-state index in [1.54, 1.807) is 11.0 Å². The van der Waals surface area contributed by atoms with Gasteiger partial charge < -0.3 is 19.5 Å². The van der Waals surface area contributed by atoms with E-state index in [9.17, 15) is 14.7 Å². The van der Waals surface area contributed by atoms with E-state index in [0.717, 1.165) is 42.6 Å². The zero-order chi connectivity index (χ0) is 26.9. The number of hydrogen-bond donors (Lipinski definition) is 1. The Kier molecular flexibility index (Phi) is 7.67. The lowest BCUT2D eigenvalue weighted by Gasteiger charge is -2.31. The van der Waals surface area contributed by atoms with E-state index in [1.807, 2.05) is 57.2 Å². The molecule has 1 unspecified atom stereocenters. The van der Waals surface area contributed by atoms with Gasteiger partial charge in [0.1, 0.15) is 17.3 Å². The molecule has 1 atom stereocenters. The van der Waals surface area contributed by atoms with Gasteiger partial charge in [0.25, 0.3) is 11.7 Å². The van der Waals surface area contributed by atoms with Crippen LogP contribution in [0.5, 0.6) is 11.5 Å². The summed E-state index contributed by atoms with van der Waals surface area (Å²) in [6, 6.07) is 12.3. The number of ketones is 1. The fourth-order valence-electron chi connectivity index (χ4n) is 5.47. The minimum absolute atomic E-state index is 0.0175. The largest absolute Gasteiger partial charge is 0.507 e. The third-order valence-electron chi connectivity index (χ3n) is 7.10. The van der Waals surface area contributed by atoms with Crippen molar-refractivity contribution in [2.24, 2.45) is 0 Å². The number of Topliss-reactive ketones (excluding diaryl/α,β-unsaturated/α-hetero) is 1. The molecule has 198 valence electrons. The van der Waals surface area contributed by atoms with Gasteiger partial charge >= 0.3 is 0 Å². The molecule has 0 bridgehead atoms. The smallest absolute Gasteiger partial charge is 0.295 e. The van der Waals surface area contributed by atoms with Crippen LogP contribution in [-0.2, 0) is 15.0 Å². The predicted octanol–water partition coefficient (Wildman–Crippen LogP) is 6.53. The van der Waals surface area contributed by atoms with Crippen molar-refractivity contribution in [3.05, 3.63) is 64.7 Å². The molecule has 1 saturated heterocycles. The zero-order valence-corrected chi connectivity index (χ0v) is 22.8. The summed E-state index contributed by atoms with van der Waals surface area (Å²) < 4.78 is 11.8. The van der Waals surface area contributed by atoms with Gasteiger partial charge in [-0.1, -0.05) is 45.7 Å². The average Bonchev–Trinajstić information content (AvgIpc) is 3.45. The maximum absolute atomic E-state index is 13.5. The molecule has 1 amide bonds. The molecule has 2 aromatic rings. The Morgan fingerprint density at radius 3 is 2.41 bits per heavy atom. The Labute approximate surface area is 220 Å². The van der Waals surface area contributed by atoms with Crippen molar-refractivity contribution < 1.29 is 24.2 Å². The van der Waals surface area contributed by atoms with Crippen molar-refractivity contribution in [3.8, 4) is 11.5 Å². The average molecular weight is 506 g/mol. The SMILES string of the molecule is CCOc1ccc(/C(O)=C2\C(=O)C(=O)N(C3CCCC3)C2c2cccc(OC(C)C)c2)cc1C(C)(C)C. The fraction of sp³-hybridized carbons (Fsp3) is 0.484. The van der Waals surface area contributed by atoms with Crippen LogP contribution in [0.4, 0.5) is 0 Å². The van der Waals surface area contributed by atoms with Crippen LogP contribution in [-0.4, -0.2) is 40.4 Å². The van der Waals surface area contributed by atoms with Crippen molar-refractivity contribution in [1.29, 1.82) is 0 Å². The van der Waals surface area contributed by atoms with Crippen molar-refractivity contribution in [2.45, 2.75) is 90.8 Å². The molecule has 2 aliphatic rings. The molecule has 2 fully saturated rings. The number of amides is 1. The molecule has 37 heavy (non-hydrogen) atoms. The number of hydrogen-bond acceptors (Lipinski definition) is 5. The standard InChI is InChI=1S/C31H39NO5/c1-7-36-25-16-15-21(18-24(25)31(4,5)6)28(33)26-27(20-11-10-14-23(17-20)37-19(2)3)32(30(35)29(26)34)22-12-8-9-13-22/h10-11,14-19,22,27,33H,7-9,12-13H2,1-6H3/b28-26+.